The van der Waals surface area contributed by atoms with Crippen molar-refractivity contribution in [2.45, 2.75) is 19.8 Å². The molecule has 0 atom stereocenters. The maximum absolute atomic E-state index is 10.8. The summed E-state index contributed by atoms with van der Waals surface area (Å²) in [5.74, 6) is 4.94. The van der Waals surface area contributed by atoms with E-state index in [2.05, 4.69) is 12.2 Å². The topological polar surface area (TPSA) is 76.4 Å². The molecule has 1 heterocycles. The van der Waals surface area contributed by atoms with E-state index in [4.69, 9.17) is 10.6 Å². The monoisotopic (exact) mass is 187 g/mol. The van der Waals surface area contributed by atoms with Crippen LogP contribution in [0.3, 0.4) is 0 Å². The number of hydrogen-bond acceptors (Lipinski definition) is 3. The van der Waals surface area contributed by atoms with E-state index in [1.165, 1.54) is 0 Å². The SMILES string of the molecule is CC1(CNC(=O)NN)CCOCC1. The van der Waals surface area contributed by atoms with Gasteiger partial charge in [0.1, 0.15) is 0 Å². The molecule has 0 radical (unpaired) electrons. The van der Waals surface area contributed by atoms with Crippen LogP contribution in [-0.2, 0) is 4.74 Å². The summed E-state index contributed by atoms with van der Waals surface area (Å²) in [4.78, 5) is 10.8. The molecule has 0 bridgehead atoms. The molecule has 5 nitrogen and oxygen atoms in total. The molecule has 1 fully saturated rings. The highest BCUT2D eigenvalue weighted by molar-refractivity contribution is 5.73. The minimum atomic E-state index is -0.326. The van der Waals surface area contributed by atoms with Gasteiger partial charge in [-0.05, 0) is 18.3 Å². The maximum atomic E-state index is 10.8. The van der Waals surface area contributed by atoms with Gasteiger partial charge in [0.2, 0.25) is 0 Å². The molecule has 0 unspecified atom stereocenters. The third-order valence-electron chi connectivity index (χ3n) is 2.51. The van der Waals surface area contributed by atoms with E-state index in [1.54, 1.807) is 0 Å². The standard InChI is InChI=1S/C8H17N3O2/c1-8(2-4-13-5-3-8)6-10-7(12)11-9/h2-6,9H2,1H3,(H2,10,11,12). The Kier molecular flexibility index (Phi) is 3.50. The largest absolute Gasteiger partial charge is 0.381 e. The van der Waals surface area contributed by atoms with Crippen molar-refractivity contribution in [3.63, 3.8) is 0 Å². The predicted octanol–water partition coefficient (Wildman–Crippen LogP) is -0.0240. The maximum Gasteiger partial charge on any atom is 0.328 e. The molecule has 4 N–H and O–H groups in total. The van der Waals surface area contributed by atoms with Gasteiger partial charge in [0.05, 0.1) is 0 Å². The van der Waals surface area contributed by atoms with Crippen LogP contribution in [0.4, 0.5) is 4.79 Å². The first-order valence-corrected chi connectivity index (χ1v) is 4.48. The second-order valence-electron chi connectivity index (χ2n) is 3.75. The van der Waals surface area contributed by atoms with Crippen LogP contribution in [0.5, 0.6) is 0 Å². The molecule has 1 saturated heterocycles. The summed E-state index contributed by atoms with van der Waals surface area (Å²) in [6.07, 6.45) is 1.97. The molecular formula is C8H17N3O2. The lowest BCUT2D eigenvalue weighted by molar-refractivity contribution is 0.0252. The van der Waals surface area contributed by atoms with Gasteiger partial charge in [0, 0.05) is 19.8 Å². The van der Waals surface area contributed by atoms with Crippen molar-refractivity contribution in [1.82, 2.24) is 10.7 Å². The summed E-state index contributed by atoms with van der Waals surface area (Å²) in [6.45, 7) is 4.36. The van der Waals surface area contributed by atoms with E-state index in [0.717, 1.165) is 26.1 Å². The highest BCUT2D eigenvalue weighted by Crippen LogP contribution is 2.28. The van der Waals surface area contributed by atoms with Crippen LogP contribution >= 0.6 is 0 Å². The van der Waals surface area contributed by atoms with E-state index >= 15 is 0 Å². The number of amides is 2. The number of urea groups is 1. The fourth-order valence-corrected chi connectivity index (χ4v) is 1.39. The highest BCUT2D eigenvalue weighted by atomic mass is 16.5. The molecule has 0 aromatic heterocycles. The second-order valence-corrected chi connectivity index (χ2v) is 3.75. The van der Waals surface area contributed by atoms with E-state index in [0.29, 0.717) is 6.54 Å². The Morgan fingerprint density at radius 1 is 1.54 bits per heavy atom. The molecule has 0 saturated carbocycles. The number of nitrogens with two attached hydrogens (primary N) is 1. The molecule has 0 aromatic rings. The molecule has 1 aliphatic rings. The van der Waals surface area contributed by atoms with Gasteiger partial charge in [0.25, 0.3) is 0 Å². The summed E-state index contributed by atoms with van der Waals surface area (Å²) < 4.78 is 5.25. The average Bonchev–Trinajstić information content (AvgIpc) is 2.15. The Labute approximate surface area is 78.0 Å². The van der Waals surface area contributed by atoms with Gasteiger partial charge in [-0.1, -0.05) is 6.92 Å². The van der Waals surface area contributed by atoms with Gasteiger partial charge in [-0.3, -0.25) is 5.43 Å². The highest BCUT2D eigenvalue weighted by Gasteiger charge is 2.27. The predicted molar refractivity (Wildman–Crippen MR) is 48.9 cm³/mol. The third-order valence-corrected chi connectivity index (χ3v) is 2.51. The number of carbonyl (C=O) groups excluding carboxylic acids is 1. The smallest absolute Gasteiger partial charge is 0.328 e. The lowest BCUT2D eigenvalue weighted by Crippen LogP contribution is -2.45. The first kappa shape index (κ1) is 10.3. The van der Waals surface area contributed by atoms with Crippen LogP contribution in [0.2, 0.25) is 0 Å². The Balaban J connectivity index is 2.28. The number of hydrazine groups is 1. The fourth-order valence-electron chi connectivity index (χ4n) is 1.39. The van der Waals surface area contributed by atoms with E-state index in [9.17, 15) is 4.79 Å². The second kappa shape index (κ2) is 4.43. The van der Waals surface area contributed by atoms with E-state index < -0.39 is 0 Å². The van der Waals surface area contributed by atoms with Crippen molar-refractivity contribution in [2.24, 2.45) is 11.3 Å². The van der Waals surface area contributed by atoms with Gasteiger partial charge in [-0.15, -0.1) is 0 Å². The Morgan fingerprint density at radius 2 is 2.15 bits per heavy atom. The normalized spacial score (nSPS) is 20.8. The number of ether oxygens (including phenoxy) is 1. The van der Waals surface area contributed by atoms with Crippen molar-refractivity contribution < 1.29 is 9.53 Å². The quantitative estimate of drug-likeness (QED) is 0.323. The van der Waals surface area contributed by atoms with Crippen LogP contribution in [-0.4, -0.2) is 25.8 Å². The third kappa shape index (κ3) is 3.20. The van der Waals surface area contributed by atoms with Crippen molar-refractivity contribution in [3.05, 3.63) is 0 Å². The fraction of sp³-hybridized carbons (Fsp3) is 0.875. The van der Waals surface area contributed by atoms with Crippen LogP contribution in [0.15, 0.2) is 0 Å². The van der Waals surface area contributed by atoms with Crippen LogP contribution in [0, 0.1) is 5.41 Å². The van der Waals surface area contributed by atoms with Gasteiger partial charge >= 0.3 is 6.03 Å². The van der Waals surface area contributed by atoms with Crippen LogP contribution in [0.25, 0.3) is 0 Å². The summed E-state index contributed by atoms with van der Waals surface area (Å²) in [7, 11) is 0. The molecule has 5 heteroatoms. The van der Waals surface area contributed by atoms with E-state index in [-0.39, 0.29) is 11.4 Å². The van der Waals surface area contributed by atoms with Crippen molar-refractivity contribution >= 4 is 6.03 Å². The lowest BCUT2D eigenvalue weighted by Gasteiger charge is -2.33. The summed E-state index contributed by atoms with van der Waals surface area (Å²) in [5, 5.41) is 2.71. The molecule has 76 valence electrons. The van der Waals surface area contributed by atoms with Crippen molar-refractivity contribution in [2.75, 3.05) is 19.8 Å². The lowest BCUT2D eigenvalue weighted by atomic mass is 9.82. The first-order valence-electron chi connectivity index (χ1n) is 4.48. The zero-order valence-corrected chi connectivity index (χ0v) is 7.93. The number of rotatable bonds is 2. The molecular weight excluding hydrogens is 170 g/mol. The number of nitrogens with one attached hydrogen (secondary N) is 2. The minimum Gasteiger partial charge on any atom is -0.381 e. The molecule has 0 aromatic carbocycles. The molecule has 0 aliphatic carbocycles. The molecule has 13 heavy (non-hydrogen) atoms. The zero-order valence-electron chi connectivity index (χ0n) is 7.93. The van der Waals surface area contributed by atoms with Crippen molar-refractivity contribution in [1.29, 1.82) is 0 Å². The Hall–Kier alpha value is -0.810. The Bertz CT molecular complexity index is 178. The molecule has 0 spiro atoms. The van der Waals surface area contributed by atoms with Crippen LogP contribution in [0.1, 0.15) is 19.8 Å². The van der Waals surface area contributed by atoms with Gasteiger partial charge < -0.3 is 10.1 Å². The summed E-state index contributed by atoms with van der Waals surface area (Å²) in [5.41, 5.74) is 2.20. The molecule has 2 amide bonds. The van der Waals surface area contributed by atoms with Gasteiger partial charge in [-0.25, -0.2) is 10.6 Å². The van der Waals surface area contributed by atoms with Gasteiger partial charge in [-0.2, -0.15) is 0 Å². The number of carbonyl (C=O) groups is 1. The molecule has 1 rings (SSSR count). The summed E-state index contributed by atoms with van der Waals surface area (Å²) >= 11 is 0. The van der Waals surface area contributed by atoms with Crippen LogP contribution < -0.4 is 16.6 Å². The van der Waals surface area contributed by atoms with Gasteiger partial charge in [0.15, 0.2) is 0 Å². The summed E-state index contributed by atoms with van der Waals surface area (Å²) in [6, 6.07) is -0.326. The average molecular weight is 187 g/mol. The van der Waals surface area contributed by atoms with E-state index in [1.807, 2.05) is 5.43 Å². The minimum absolute atomic E-state index is 0.158. The first-order chi connectivity index (χ1) is 6.16. The van der Waals surface area contributed by atoms with Crippen molar-refractivity contribution in [3.8, 4) is 0 Å². The number of hydrogen-bond donors (Lipinski definition) is 3. The molecule has 1 aliphatic heterocycles. The zero-order chi connectivity index (χ0) is 9.73. The Morgan fingerprint density at radius 3 is 2.69 bits per heavy atom.